The quantitative estimate of drug-likeness (QED) is 0.524. The number of nitrogen functional groups attached to an aromatic ring is 1. The molecule has 1 aromatic rings. The SMILES string of the molecule is CCCCCCCCCCN1CCc2ccc(N)cc2C1. The number of fused-ring (bicyclic) bond motifs is 1. The van der Waals surface area contributed by atoms with Crippen LogP contribution < -0.4 is 5.73 Å². The maximum atomic E-state index is 5.90. The number of hydrogen-bond donors (Lipinski definition) is 1. The number of nitrogens with zero attached hydrogens (tertiary/aromatic N) is 1. The Kier molecular flexibility index (Phi) is 7.08. The molecule has 1 aliphatic heterocycles. The van der Waals surface area contributed by atoms with Crippen LogP contribution in [0.4, 0.5) is 5.69 Å². The molecule has 0 saturated heterocycles. The number of rotatable bonds is 9. The van der Waals surface area contributed by atoms with E-state index >= 15 is 0 Å². The van der Waals surface area contributed by atoms with Crippen molar-refractivity contribution in [1.29, 1.82) is 0 Å². The van der Waals surface area contributed by atoms with Crippen LogP contribution in [0.5, 0.6) is 0 Å². The minimum atomic E-state index is 0.905. The van der Waals surface area contributed by atoms with Crippen molar-refractivity contribution in [1.82, 2.24) is 4.90 Å². The van der Waals surface area contributed by atoms with Crippen molar-refractivity contribution in [3.05, 3.63) is 29.3 Å². The Labute approximate surface area is 130 Å². The minimum Gasteiger partial charge on any atom is -0.399 e. The topological polar surface area (TPSA) is 29.3 Å². The van der Waals surface area contributed by atoms with E-state index in [0.717, 1.165) is 12.2 Å². The standard InChI is InChI=1S/C19H32N2/c1-2-3-4-5-6-7-8-9-13-21-14-12-17-10-11-19(20)15-18(17)16-21/h10-11,15H,2-9,12-14,16,20H2,1H3. The molecule has 1 heterocycles. The molecule has 0 aliphatic carbocycles. The first-order chi connectivity index (χ1) is 10.3. The molecule has 0 radical (unpaired) electrons. The molecule has 21 heavy (non-hydrogen) atoms. The van der Waals surface area contributed by atoms with Crippen LogP contribution in [0, 0.1) is 0 Å². The first-order valence-corrected chi connectivity index (χ1v) is 8.89. The Balaban J connectivity index is 1.58. The summed E-state index contributed by atoms with van der Waals surface area (Å²) >= 11 is 0. The zero-order valence-electron chi connectivity index (χ0n) is 13.7. The summed E-state index contributed by atoms with van der Waals surface area (Å²) in [6.07, 6.45) is 12.4. The predicted molar refractivity (Wildman–Crippen MR) is 92.4 cm³/mol. The van der Waals surface area contributed by atoms with Gasteiger partial charge in [-0.25, -0.2) is 0 Å². The Morgan fingerprint density at radius 2 is 1.67 bits per heavy atom. The highest BCUT2D eigenvalue weighted by Crippen LogP contribution is 2.21. The van der Waals surface area contributed by atoms with Gasteiger partial charge in [-0.3, -0.25) is 4.90 Å². The second kappa shape index (κ2) is 9.09. The summed E-state index contributed by atoms with van der Waals surface area (Å²) in [7, 11) is 0. The molecule has 0 fully saturated rings. The van der Waals surface area contributed by atoms with Crippen molar-refractivity contribution in [2.24, 2.45) is 0 Å². The Hall–Kier alpha value is -1.02. The smallest absolute Gasteiger partial charge is 0.0317 e. The predicted octanol–water partition coefficient (Wildman–Crippen LogP) is 4.77. The summed E-state index contributed by atoms with van der Waals surface area (Å²) in [6.45, 7) is 5.85. The van der Waals surface area contributed by atoms with Crippen LogP contribution in [0.3, 0.4) is 0 Å². The molecule has 0 atom stereocenters. The van der Waals surface area contributed by atoms with Gasteiger partial charge in [0.05, 0.1) is 0 Å². The summed E-state index contributed by atoms with van der Waals surface area (Å²) in [5, 5.41) is 0. The van der Waals surface area contributed by atoms with Crippen molar-refractivity contribution < 1.29 is 0 Å². The fraction of sp³-hybridized carbons (Fsp3) is 0.684. The maximum Gasteiger partial charge on any atom is 0.0317 e. The van der Waals surface area contributed by atoms with Crippen LogP contribution in [0.15, 0.2) is 18.2 Å². The van der Waals surface area contributed by atoms with Crippen molar-refractivity contribution in [2.75, 3.05) is 18.8 Å². The third-order valence-electron chi connectivity index (χ3n) is 4.65. The molecular formula is C19H32N2. The van der Waals surface area contributed by atoms with Crippen LogP contribution in [-0.2, 0) is 13.0 Å². The van der Waals surface area contributed by atoms with Gasteiger partial charge < -0.3 is 5.73 Å². The van der Waals surface area contributed by atoms with Gasteiger partial charge in [0.25, 0.3) is 0 Å². The zero-order chi connectivity index (χ0) is 14.9. The maximum absolute atomic E-state index is 5.90. The van der Waals surface area contributed by atoms with E-state index in [1.54, 1.807) is 0 Å². The van der Waals surface area contributed by atoms with Crippen molar-refractivity contribution >= 4 is 5.69 Å². The van der Waals surface area contributed by atoms with E-state index in [1.807, 2.05) is 6.07 Å². The average molecular weight is 288 g/mol. The van der Waals surface area contributed by atoms with E-state index in [-0.39, 0.29) is 0 Å². The molecular weight excluding hydrogens is 256 g/mol. The van der Waals surface area contributed by atoms with Crippen molar-refractivity contribution in [3.63, 3.8) is 0 Å². The average Bonchev–Trinajstić information content (AvgIpc) is 2.49. The summed E-state index contributed by atoms with van der Waals surface area (Å²) < 4.78 is 0. The molecule has 0 spiro atoms. The molecule has 0 amide bonds. The highest BCUT2D eigenvalue weighted by Gasteiger charge is 2.15. The summed E-state index contributed by atoms with van der Waals surface area (Å²) in [6, 6.07) is 6.40. The largest absolute Gasteiger partial charge is 0.399 e. The van der Waals surface area contributed by atoms with Gasteiger partial charge in [-0.05, 0) is 42.6 Å². The molecule has 1 aromatic carbocycles. The Morgan fingerprint density at radius 3 is 2.43 bits per heavy atom. The number of unbranched alkanes of at least 4 members (excludes halogenated alkanes) is 7. The van der Waals surface area contributed by atoms with Gasteiger partial charge in [-0.1, -0.05) is 57.9 Å². The van der Waals surface area contributed by atoms with Crippen LogP contribution >= 0.6 is 0 Å². The molecule has 0 bridgehead atoms. The zero-order valence-corrected chi connectivity index (χ0v) is 13.7. The monoisotopic (exact) mass is 288 g/mol. The summed E-state index contributed by atoms with van der Waals surface area (Å²) in [5.41, 5.74) is 9.75. The first-order valence-electron chi connectivity index (χ1n) is 8.89. The Morgan fingerprint density at radius 1 is 0.952 bits per heavy atom. The molecule has 2 heteroatoms. The van der Waals surface area contributed by atoms with Crippen LogP contribution in [0.2, 0.25) is 0 Å². The number of anilines is 1. The third kappa shape index (κ3) is 5.70. The molecule has 1 aliphatic rings. The van der Waals surface area contributed by atoms with E-state index < -0.39 is 0 Å². The normalized spacial score (nSPS) is 15.1. The summed E-state index contributed by atoms with van der Waals surface area (Å²) in [4.78, 5) is 2.60. The molecule has 0 aromatic heterocycles. The molecule has 118 valence electrons. The van der Waals surface area contributed by atoms with Gasteiger partial charge in [0.2, 0.25) is 0 Å². The van der Waals surface area contributed by atoms with Crippen LogP contribution in [0.25, 0.3) is 0 Å². The van der Waals surface area contributed by atoms with E-state index in [9.17, 15) is 0 Å². The van der Waals surface area contributed by atoms with Crippen molar-refractivity contribution in [2.45, 2.75) is 71.3 Å². The number of hydrogen-bond acceptors (Lipinski definition) is 2. The van der Waals surface area contributed by atoms with Gasteiger partial charge in [-0.2, -0.15) is 0 Å². The molecule has 2 N–H and O–H groups in total. The lowest BCUT2D eigenvalue weighted by atomic mass is 9.99. The van der Waals surface area contributed by atoms with E-state index in [1.165, 1.54) is 82.0 Å². The number of nitrogens with two attached hydrogens (primary N) is 1. The van der Waals surface area contributed by atoms with Gasteiger partial charge in [-0.15, -0.1) is 0 Å². The van der Waals surface area contributed by atoms with Gasteiger partial charge in [0.15, 0.2) is 0 Å². The second-order valence-electron chi connectivity index (χ2n) is 6.53. The Bertz CT molecular complexity index is 414. The third-order valence-corrected chi connectivity index (χ3v) is 4.65. The molecule has 2 rings (SSSR count). The van der Waals surface area contributed by atoms with E-state index in [4.69, 9.17) is 5.73 Å². The van der Waals surface area contributed by atoms with Crippen LogP contribution in [-0.4, -0.2) is 18.0 Å². The highest BCUT2D eigenvalue weighted by molar-refractivity contribution is 5.45. The minimum absolute atomic E-state index is 0.905. The lowest BCUT2D eigenvalue weighted by molar-refractivity contribution is 0.248. The van der Waals surface area contributed by atoms with Gasteiger partial charge in [0.1, 0.15) is 0 Å². The number of benzene rings is 1. The summed E-state index contributed by atoms with van der Waals surface area (Å²) in [5.74, 6) is 0. The first kappa shape index (κ1) is 16.4. The lowest BCUT2D eigenvalue weighted by Crippen LogP contribution is -2.31. The fourth-order valence-corrected chi connectivity index (χ4v) is 3.30. The van der Waals surface area contributed by atoms with Gasteiger partial charge >= 0.3 is 0 Å². The highest BCUT2D eigenvalue weighted by atomic mass is 15.1. The van der Waals surface area contributed by atoms with E-state index in [2.05, 4.69) is 24.0 Å². The fourth-order valence-electron chi connectivity index (χ4n) is 3.30. The molecule has 2 nitrogen and oxygen atoms in total. The molecule has 0 unspecified atom stereocenters. The molecule has 0 saturated carbocycles. The van der Waals surface area contributed by atoms with E-state index in [0.29, 0.717) is 0 Å². The second-order valence-corrected chi connectivity index (χ2v) is 6.53. The van der Waals surface area contributed by atoms with Gasteiger partial charge in [0, 0.05) is 18.8 Å². The van der Waals surface area contributed by atoms with Crippen LogP contribution in [0.1, 0.15) is 69.4 Å². The van der Waals surface area contributed by atoms with Crippen molar-refractivity contribution in [3.8, 4) is 0 Å². The lowest BCUT2D eigenvalue weighted by Gasteiger charge is -2.28.